The highest BCUT2D eigenvalue weighted by Crippen LogP contribution is 2.17. The van der Waals surface area contributed by atoms with Crippen molar-refractivity contribution in [3.8, 4) is 0 Å². The number of nitrogen functional groups attached to an aromatic ring is 1. The van der Waals surface area contributed by atoms with Crippen molar-refractivity contribution in [1.29, 1.82) is 0 Å². The first-order valence-corrected chi connectivity index (χ1v) is 5.88. The van der Waals surface area contributed by atoms with Gasteiger partial charge in [-0.2, -0.15) is 0 Å². The zero-order valence-corrected chi connectivity index (χ0v) is 10.6. The van der Waals surface area contributed by atoms with Crippen LogP contribution < -0.4 is 5.73 Å². The Morgan fingerprint density at radius 2 is 2.06 bits per heavy atom. The summed E-state index contributed by atoms with van der Waals surface area (Å²) in [6, 6.07) is 9.74. The Hall–Kier alpha value is -2.16. The molecule has 0 aliphatic rings. The number of aromatic nitrogens is 1. The van der Waals surface area contributed by atoms with E-state index in [2.05, 4.69) is 4.98 Å². The minimum Gasteiger partial charge on any atom is -0.383 e. The molecule has 18 heavy (non-hydrogen) atoms. The number of ketones is 1. The van der Waals surface area contributed by atoms with Crippen molar-refractivity contribution in [3.05, 3.63) is 58.8 Å². The molecule has 0 atom stereocenters. The van der Waals surface area contributed by atoms with Gasteiger partial charge < -0.3 is 5.73 Å². The van der Waals surface area contributed by atoms with Gasteiger partial charge in [0.2, 0.25) is 0 Å². The predicted octanol–water partition coefficient (Wildman–Crippen LogP) is 2.71. The minimum atomic E-state index is 0.0173. The summed E-state index contributed by atoms with van der Waals surface area (Å²) < 4.78 is 0. The average molecular weight is 240 g/mol. The molecule has 0 saturated carbocycles. The third kappa shape index (κ3) is 2.56. The van der Waals surface area contributed by atoms with Gasteiger partial charge in [0.25, 0.3) is 0 Å². The van der Waals surface area contributed by atoms with Gasteiger partial charge in [-0.25, -0.2) is 4.98 Å². The van der Waals surface area contributed by atoms with Crippen LogP contribution in [0.15, 0.2) is 36.5 Å². The molecule has 3 heteroatoms. The lowest BCUT2D eigenvalue weighted by molar-refractivity contribution is 0.0993. The second-order valence-corrected chi connectivity index (χ2v) is 4.48. The zero-order chi connectivity index (χ0) is 13.1. The number of anilines is 1. The predicted molar refractivity (Wildman–Crippen MR) is 72.6 cm³/mol. The van der Waals surface area contributed by atoms with Crippen LogP contribution in [0.25, 0.3) is 0 Å². The highest BCUT2D eigenvalue weighted by atomic mass is 16.1. The van der Waals surface area contributed by atoms with Crippen LogP contribution in [-0.2, 0) is 6.42 Å². The van der Waals surface area contributed by atoms with Crippen LogP contribution in [0.2, 0.25) is 0 Å². The van der Waals surface area contributed by atoms with Gasteiger partial charge in [0, 0.05) is 12.6 Å². The first kappa shape index (κ1) is 12.3. The van der Waals surface area contributed by atoms with Gasteiger partial charge in [0.15, 0.2) is 5.78 Å². The van der Waals surface area contributed by atoms with Crippen LogP contribution in [-0.4, -0.2) is 10.8 Å². The molecular weight excluding hydrogens is 224 g/mol. The first-order chi connectivity index (χ1) is 8.58. The number of pyridine rings is 1. The molecule has 0 fully saturated rings. The second-order valence-electron chi connectivity index (χ2n) is 4.48. The van der Waals surface area contributed by atoms with Crippen molar-refractivity contribution in [2.24, 2.45) is 0 Å². The maximum Gasteiger partial charge on any atom is 0.171 e. The summed E-state index contributed by atoms with van der Waals surface area (Å²) in [4.78, 5) is 16.2. The molecule has 0 spiro atoms. The third-order valence-corrected chi connectivity index (χ3v) is 2.91. The molecule has 1 heterocycles. The van der Waals surface area contributed by atoms with Crippen molar-refractivity contribution in [3.63, 3.8) is 0 Å². The quantitative estimate of drug-likeness (QED) is 0.839. The summed E-state index contributed by atoms with van der Waals surface area (Å²) in [5.74, 6) is 0.330. The van der Waals surface area contributed by atoms with Gasteiger partial charge in [-0.3, -0.25) is 4.79 Å². The van der Waals surface area contributed by atoms with E-state index in [4.69, 9.17) is 5.73 Å². The minimum absolute atomic E-state index is 0.0173. The van der Waals surface area contributed by atoms with Crippen LogP contribution in [0.1, 0.15) is 27.0 Å². The van der Waals surface area contributed by atoms with E-state index in [0.717, 1.165) is 16.7 Å². The zero-order valence-electron chi connectivity index (χ0n) is 10.6. The molecule has 2 N–H and O–H groups in total. The van der Waals surface area contributed by atoms with Gasteiger partial charge >= 0.3 is 0 Å². The van der Waals surface area contributed by atoms with E-state index in [0.29, 0.717) is 17.8 Å². The molecule has 0 aliphatic carbocycles. The summed E-state index contributed by atoms with van der Waals surface area (Å²) in [7, 11) is 0. The van der Waals surface area contributed by atoms with Gasteiger partial charge in [-0.15, -0.1) is 0 Å². The lowest BCUT2D eigenvalue weighted by Gasteiger charge is -2.07. The number of rotatable bonds is 3. The van der Waals surface area contributed by atoms with Gasteiger partial charge in [-0.1, -0.05) is 29.8 Å². The topological polar surface area (TPSA) is 56.0 Å². The Kier molecular flexibility index (Phi) is 3.42. The van der Waals surface area contributed by atoms with E-state index < -0.39 is 0 Å². The lowest BCUT2D eigenvalue weighted by Crippen LogP contribution is -2.10. The fourth-order valence-corrected chi connectivity index (χ4v) is 2.04. The molecule has 0 unspecified atom stereocenters. The Morgan fingerprint density at radius 1 is 1.28 bits per heavy atom. The standard InChI is InChI=1S/C15H16N2O/c1-10-4-3-5-12(8-10)9-13(18)14-11(2)6-7-17-15(14)16/h3-8H,9H2,1-2H3,(H2,16,17). The second kappa shape index (κ2) is 5.00. The molecule has 0 saturated heterocycles. The SMILES string of the molecule is Cc1cccc(CC(=O)c2c(C)ccnc2N)c1. The molecule has 92 valence electrons. The molecule has 0 amide bonds. The fourth-order valence-electron chi connectivity index (χ4n) is 2.04. The Labute approximate surface area is 107 Å². The van der Waals surface area contributed by atoms with Gasteiger partial charge in [0.1, 0.15) is 5.82 Å². The smallest absolute Gasteiger partial charge is 0.171 e. The lowest BCUT2D eigenvalue weighted by atomic mass is 9.99. The Balaban J connectivity index is 2.28. The summed E-state index contributed by atoms with van der Waals surface area (Å²) >= 11 is 0. The number of nitrogens with zero attached hydrogens (tertiary/aromatic N) is 1. The molecule has 1 aromatic heterocycles. The van der Waals surface area contributed by atoms with Crippen molar-refractivity contribution in [2.75, 3.05) is 5.73 Å². The molecule has 0 radical (unpaired) electrons. The number of Topliss-reactive ketones (excluding diaryl/α,β-unsaturated/α-hetero) is 1. The summed E-state index contributed by atoms with van der Waals surface area (Å²) in [6.45, 7) is 3.89. The van der Waals surface area contributed by atoms with E-state index in [1.807, 2.05) is 38.1 Å². The number of hydrogen-bond donors (Lipinski definition) is 1. The molecule has 1 aromatic carbocycles. The number of carbonyl (C=O) groups excluding carboxylic acids is 1. The Morgan fingerprint density at radius 3 is 2.72 bits per heavy atom. The van der Waals surface area contributed by atoms with E-state index in [1.54, 1.807) is 12.3 Å². The van der Waals surface area contributed by atoms with Gasteiger partial charge in [0.05, 0.1) is 5.56 Å². The van der Waals surface area contributed by atoms with Crippen molar-refractivity contribution in [2.45, 2.75) is 20.3 Å². The number of aryl methyl sites for hydroxylation is 2. The highest BCUT2D eigenvalue weighted by molar-refractivity contribution is 6.02. The van der Waals surface area contributed by atoms with Crippen molar-refractivity contribution >= 4 is 11.6 Å². The maximum absolute atomic E-state index is 12.2. The van der Waals surface area contributed by atoms with E-state index >= 15 is 0 Å². The van der Waals surface area contributed by atoms with E-state index in [-0.39, 0.29) is 5.78 Å². The number of hydrogen-bond acceptors (Lipinski definition) is 3. The fraction of sp³-hybridized carbons (Fsp3) is 0.200. The molecule has 2 aromatic rings. The number of carbonyl (C=O) groups is 1. The van der Waals surface area contributed by atoms with Crippen LogP contribution in [0.5, 0.6) is 0 Å². The normalized spacial score (nSPS) is 10.3. The van der Waals surface area contributed by atoms with Gasteiger partial charge in [-0.05, 0) is 31.0 Å². The van der Waals surface area contributed by atoms with Crippen LogP contribution in [0.3, 0.4) is 0 Å². The summed E-state index contributed by atoms with van der Waals surface area (Å²) in [5, 5.41) is 0. The number of nitrogens with two attached hydrogens (primary N) is 1. The van der Waals surface area contributed by atoms with Crippen LogP contribution in [0.4, 0.5) is 5.82 Å². The van der Waals surface area contributed by atoms with Crippen molar-refractivity contribution < 1.29 is 4.79 Å². The molecule has 3 nitrogen and oxygen atoms in total. The molecule has 2 rings (SSSR count). The van der Waals surface area contributed by atoms with E-state index in [9.17, 15) is 4.79 Å². The van der Waals surface area contributed by atoms with E-state index in [1.165, 1.54) is 0 Å². The monoisotopic (exact) mass is 240 g/mol. The van der Waals surface area contributed by atoms with Crippen LogP contribution >= 0.6 is 0 Å². The Bertz CT molecular complexity index is 571. The first-order valence-electron chi connectivity index (χ1n) is 5.88. The van der Waals surface area contributed by atoms with Crippen LogP contribution in [0, 0.1) is 13.8 Å². The van der Waals surface area contributed by atoms with Crippen molar-refractivity contribution in [1.82, 2.24) is 4.98 Å². The average Bonchev–Trinajstić information content (AvgIpc) is 2.28. The highest BCUT2D eigenvalue weighted by Gasteiger charge is 2.14. The summed E-state index contributed by atoms with van der Waals surface area (Å²) in [5.41, 5.74) is 9.34. The third-order valence-electron chi connectivity index (χ3n) is 2.91. The number of benzene rings is 1. The summed E-state index contributed by atoms with van der Waals surface area (Å²) in [6.07, 6.45) is 1.98. The molecule has 0 bridgehead atoms. The molecule has 0 aliphatic heterocycles. The maximum atomic E-state index is 12.2. The molecular formula is C15H16N2O. The largest absolute Gasteiger partial charge is 0.383 e.